The molecule has 0 aliphatic carbocycles. The van der Waals surface area contributed by atoms with Crippen molar-refractivity contribution in [3.05, 3.63) is 22.3 Å². The van der Waals surface area contributed by atoms with Crippen LogP contribution in [0.25, 0.3) is 0 Å². The van der Waals surface area contributed by atoms with Gasteiger partial charge in [0.05, 0.1) is 5.56 Å². The molecule has 1 aromatic rings. The minimum atomic E-state index is -0.0175. The molecule has 0 bridgehead atoms. The SMILES string of the molecule is CC1CCN(C(=O)c2cc(Br)cnc2NN)C1. The summed E-state index contributed by atoms with van der Waals surface area (Å²) < 4.78 is 0.770. The molecular formula is C11H15BrN4O. The molecule has 1 amide bonds. The van der Waals surface area contributed by atoms with Crippen LogP contribution in [0.15, 0.2) is 16.7 Å². The van der Waals surface area contributed by atoms with Gasteiger partial charge in [-0.25, -0.2) is 10.8 Å². The first-order valence-electron chi connectivity index (χ1n) is 5.53. The number of amides is 1. The Hall–Kier alpha value is -1.14. The highest BCUT2D eigenvalue weighted by molar-refractivity contribution is 9.10. The van der Waals surface area contributed by atoms with E-state index < -0.39 is 0 Å². The molecule has 92 valence electrons. The summed E-state index contributed by atoms with van der Waals surface area (Å²) in [5.41, 5.74) is 2.97. The van der Waals surface area contributed by atoms with Crippen LogP contribution in [0.5, 0.6) is 0 Å². The van der Waals surface area contributed by atoms with E-state index in [2.05, 4.69) is 33.3 Å². The number of hydrogen-bond donors (Lipinski definition) is 2. The molecule has 17 heavy (non-hydrogen) atoms. The third-order valence-electron chi connectivity index (χ3n) is 2.93. The Morgan fingerprint density at radius 3 is 3.06 bits per heavy atom. The summed E-state index contributed by atoms with van der Waals surface area (Å²) in [6, 6.07) is 1.74. The number of nitrogens with two attached hydrogens (primary N) is 1. The van der Waals surface area contributed by atoms with E-state index in [-0.39, 0.29) is 5.91 Å². The minimum Gasteiger partial charge on any atom is -0.338 e. The summed E-state index contributed by atoms with van der Waals surface area (Å²) in [5, 5.41) is 0. The van der Waals surface area contributed by atoms with E-state index in [1.165, 1.54) is 0 Å². The summed E-state index contributed by atoms with van der Waals surface area (Å²) in [4.78, 5) is 18.2. The monoisotopic (exact) mass is 298 g/mol. The normalized spacial score (nSPS) is 19.5. The Morgan fingerprint density at radius 1 is 1.71 bits per heavy atom. The number of nitrogen functional groups attached to an aromatic ring is 1. The molecule has 1 fully saturated rings. The molecule has 0 saturated carbocycles. The van der Waals surface area contributed by atoms with Gasteiger partial charge in [0.15, 0.2) is 5.82 Å². The third kappa shape index (κ3) is 2.58. The van der Waals surface area contributed by atoms with Crippen LogP contribution in [0.1, 0.15) is 23.7 Å². The number of carbonyl (C=O) groups is 1. The second-order valence-electron chi connectivity index (χ2n) is 4.34. The van der Waals surface area contributed by atoms with E-state index in [1.807, 2.05) is 4.90 Å². The number of likely N-dealkylation sites (tertiary alicyclic amines) is 1. The topological polar surface area (TPSA) is 71.2 Å². The van der Waals surface area contributed by atoms with E-state index in [0.29, 0.717) is 17.3 Å². The van der Waals surface area contributed by atoms with Crippen LogP contribution in [-0.2, 0) is 0 Å². The van der Waals surface area contributed by atoms with Crippen molar-refractivity contribution in [2.45, 2.75) is 13.3 Å². The van der Waals surface area contributed by atoms with Gasteiger partial charge in [-0.3, -0.25) is 4.79 Å². The van der Waals surface area contributed by atoms with Gasteiger partial charge in [0.2, 0.25) is 0 Å². The first-order chi connectivity index (χ1) is 8.11. The third-order valence-corrected chi connectivity index (χ3v) is 3.37. The molecule has 3 N–H and O–H groups in total. The lowest BCUT2D eigenvalue weighted by atomic mass is 10.2. The zero-order valence-electron chi connectivity index (χ0n) is 9.61. The number of halogens is 1. The van der Waals surface area contributed by atoms with Gasteiger partial charge >= 0.3 is 0 Å². The van der Waals surface area contributed by atoms with Crippen LogP contribution in [0.3, 0.4) is 0 Å². The number of carbonyl (C=O) groups excluding carboxylic acids is 1. The first kappa shape index (κ1) is 12.3. The maximum atomic E-state index is 12.3. The maximum absolute atomic E-state index is 12.3. The minimum absolute atomic E-state index is 0.0175. The second-order valence-corrected chi connectivity index (χ2v) is 5.25. The Labute approximate surface area is 108 Å². The highest BCUT2D eigenvalue weighted by atomic mass is 79.9. The molecule has 1 atom stereocenters. The zero-order chi connectivity index (χ0) is 12.4. The number of pyridine rings is 1. The summed E-state index contributed by atoms with van der Waals surface area (Å²) >= 11 is 3.31. The number of nitrogens with zero attached hydrogens (tertiary/aromatic N) is 2. The zero-order valence-corrected chi connectivity index (χ0v) is 11.2. The van der Waals surface area contributed by atoms with E-state index in [4.69, 9.17) is 5.84 Å². The molecule has 1 unspecified atom stereocenters. The van der Waals surface area contributed by atoms with Crippen molar-refractivity contribution in [2.75, 3.05) is 18.5 Å². The van der Waals surface area contributed by atoms with Gasteiger partial charge in [-0.1, -0.05) is 6.92 Å². The van der Waals surface area contributed by atoms with Gasteiger partial charge in [-0.05, 0) is 34.3 Å². The Morgan fingerprint density at radius 2 is 2.47 bits per heavy atom. The number of rotatable bonds is 2. The van der Waals surface area contributed by atoms with E-state index in [9.17, 15) is 4.79 Å². The van der Waals surface area contributed by atoms with Gasteiger partial charge < -0.3 is 10.3 Å². The Balaban J connectivity index is 2.26. The summed E-state index contributed by atoms with van der Waals surface area (Å²) in [5.74, 6) is 6.33. The average molecular weight is 299 g/mol. The predicted molar refractivity (Wildman–Crippen MR) is 69.4 cm³/mol. The van der Waals surface area contributed by atoms with Gasteiger partial charge in [0.1, 0.15) is 0 Å². The number of hydrogen-bond acceptors (Lipinski definition) is 4. The highest BCUT2D eigenvalue weighted by Crippen LogP contribution is 2.23. The quantitative estimate of drug-likeness (QED) is 0.643. The highest BCUT2D eigenvalue weighted by Gasteiger charge is 2.26. The second kappa shape index (κ2) is 5.01. The van der Waals surface area contributed by atoms with Gasteiger partial charge in [-0.2, -0.15) is 0 Å². The van der Waals surface area contributed by atoms with Crippen LogP contribution < -0.4 is 11.3 Å². The molecule has 1 aliphatic heterocycles. The molecule has 1 aromatic heterocycles. The smallest absolute Gasteiger partial charge is 0.257 e. The molecule has 6 heteroatoms. The molecule has 2 rings (SSSR count). The molecule has 2 heterocycles. The van der Waals surface area contributed by atoms with Crippen LogP contribution in [-0.4, -0.2) is 28.9 Å². The molecule has 1 aliphatic rings. The van der Waals surface area contributed by atoms with Crippen LogP contribution in [0, 0.1) is 5.92 Å². The number of hydrazine groups is 1. The Bertz CT molecular complexity index is 437. The Kier molecular flexibility index (Phi) is 3.63. The average Bonchev–Trinajstić information content (AvgIpc) is 2.75. The number of nitrogens with one attached hydrogen (secondary N) is 1. The lowest BCUT2D eigenvalue weighted by molar-refractivity contribution is 0.0788. The first-order valence-corrected chi connectivity index (χ1v) is 6.32. The molecule has 5 nitrogen and oxygen atoms in total. The molecule has 0 radical (unpaired) electrons. The van der Waals surface area contributed by atoms with E-state index >= 15 is 0 Å². The van der Waals surface area contributed by atoms with E-state index in [0.717, 1.165) is 24.0 Å². The van der Waals surface area contributed by atoms with Crippen molar-refractivity contribution < 1.29 is 4.79 Å². The maximum Gasteiger partial charge on any atom is 0.257 e. The standard InChI is InChI=1S/C11H15BrN4O/c1-7-2-3-16(6-7)11(17)9-4-8(12)5-14-10(9)15-13/h4-5,7H,2-3,6,13H2,1H3,(H,14,15). The van der Waals surface area contributed by atoms with Crippen LogP contribution in [0.4, 0.5) is 5.82 Å². The van der Waals surface area contributed by atoms with Gasteiger partial charge in [-0.15, -0.1) is 0 Å². The van der Waals surface area contributed by atoms with Crippen LogP contribution in [0.2, 0.25) is 0 Å². The van der Waals surface area contributed by atoms with Crippen molar-refractivity contribution in [3.63, 3.8) is 0 Å². The fourth-order valence-corrected chi connectivity index (χ4v) is 2.34. The summed E-state index contributed by atoms with van der Waals surface area (Å²) in [7, 11) is 0. The molecule has 0 aromatic carbocycles. The number of aromatic nitrogens is 1. The van der Waals surface area contributed by atoms with Crippen molar-refractivity contribution in [1.29, 1.82) is 0 Å². The van der Waals surface area contributed by atoms with Gasteiger partial charge in [0, 0.05) is 23.8 Å². The lowest BCUT2D eigenvalue weighted by Crippen LogP contribution is -2.30. The fourth-order valence-electron chi connectivity index (χ4n) is 2.01. The van der Waals surface area contributed by atoms with Crippen molar-refractivity contribution in [3.8, 4) is 0 Å². The predicted octanol–water partition coefficient (Wildman–Crippen LogP) is 1.61. The van der Waals surface area contributed by atoms with E-state index in [1.54, 1.807) is 12.3 Å². The summed E-state index contributed by atoms with van der Waals surface area (Å²) in [6.45, 7) is 3.75. The lowest BCUT2D eigenvalue weighted by Gasteiger charge is -2.17. The van der Waals surface area contributed by atoms with Crippen molar-refractivity contribution in [1.82, 2.24) is 9.88 Å². The van der Waals surface area contributed by atoms with Crippen molar-refractivity contribution >= 4 is 27.7 Å². The molecule has 1 saturated heterocycles. The van der Waals surface area contributed by atoms with Crippen molar-refractivity contribution in [2.24, 2.45) is 11.8 Å². The van der Waals surface area contributed by atoms with Gasteiger partial charge in [0.25, 0.3) is 5.91 Å². The molecular weight excluding hydrogens is 284 g/mol. The molecule has 0 spiro atoms. The largest absolute Gasteiger partial charge is 0.338 e. The summed E-state index contributed by atoms with van der Waals surface area (Å²) in [6.07, 6.45) is 2.66. The fraction of sp³-hybridized carbons (Fsp3) is 0.455. The number of anilines is 1. The van der Waals surface area contributed by atoms with Crippen LogP contribution >= 0.6 is 15.9 Å².